The number of nitrogens with zero attached hydrogens (tertiary/aromatic N) is 2. The van der Waals surface area contributed by atoms with Crippen LogP contribution < -0.4 is 0 Å². The van der Waals surface area contributed by atoms with Gasteiger partial charge in [-0.2, -0.15) is 0 Å². The Kier molecular flexibility index (Phi) is 3.59. The Morgan fingerprint density at radius 1 is 1.33 bits per heavy atom. The minimum atomic E-state index is 0.528. The molecule has 0 N–H and O–H groups in total. The molecule has 2 fully saturated rings. The Morgan fingerprint density at radius 3 is 2.89 bits per heavy atom. The summed E-state index contributed by atoms with van der Waals surface area (Å²) in [5.74, 6) is 0.528. The molecule has 1 aromatic heterocycles. The van der Waals surface area contributed by atoms with Gasteiger partial charge in [0.05, 0.1) is 31.6 Å². The predicted octanol–water partition coefficient (Wildman–Crippen LogP) is 1.42. The molecule has 0 aromatic carbocycles. The van der Waals surface area contributed by atoms with Crippen molar-refractivity contribution in [2.45, 2.75) is 24.9 Å². The lowest BCUT2D eigenvalue weighted by Gasteiger charge is -2.34. The van der Waals surface area contributed by atoms with Crippen LogP contribution in [0, 0.1) is 0 Å². The first kappa shape index (κ1) is 12.1. The van der Waals surface area contributed by atoms with Crippen LogP contribution in [0.3, 0.4) is 0 Å². The number of rotatable bonds is 4. The lowest BCUT2D eigenvalue weighted by molar-refractivity contribution is -0.0590. The summed E-state index contributed by atoms with van der Waals surface area (Å²) in [4.78, 5) is 6.90. The van der Waals surface area contributed by atoms with Crippen LogP contribution in [0.5, 0.6) is 0 Å². The zero-order chi connectivity index (χ0) is 12.4. The Bertz CT molecular complexity index is 401. The van der Waals surface area contributed by atoms with E-state index in [0.717, 1.165) is 39.4 Å². The molecule has 0 radical (unpaired) electrons. The fourth-order valence-corrected chi connectivity index (χ4v) is 2.58. The van der Waals surface area contributed by atoms with Crippen LogP contribution in [0.2, 0.25) is 0 Å². The third-order valence-corrected chi connectivity index (χ3v) is 3.94. The molecule has 1 aromatic rings. The van der Waals surface area contributed by atoms with E-state index in [9.17, 15) is 0 Å². The molecule has 2 saturated heterocycles. The van der Waals surface area contributed by atoms with Gasteiger partial charge < -0.3 is 9.47 Å². The molecule has 0 bridgehead atoms. The first-order valence-electron chi connectivity index (χ1n) is 6.64. The molecule has 4 nitrogen and oxygen atoms in total. The van der Waals surface area contributed by atoms with E-state index in [4.69, 9.17) is 9.47 Å². The molecule has 3 heterocycles. The Balaban J connectivity index is 1.73. The second-order valence-corrected chi connectivity index (χ2v) is 5.21. The first-order valence-corrected chi connectivity index (χ1v) is 6.64. The average molecular weight is 248 g/mol. The van der Waals surface area contributed by atoms with E-state index in [2.05, 4.69) is 23.0 Å². The van der Waals surface area contributed by atoms with Crippen LogP contribution in [0.1, 0.15) is 23.6 Å². The molecule has 0 saturated carbocycles. The maximum Gasteiger partial charge on any atom is 0.0645 e. The summed E-state index contributed by atoms with van der Waals surface area (Å²) in [6.45, 7) is 4.33. The smallest absolute Gasteiger partial charge is 0.0645 e. The fourth-order valence-electron chi connectivity index (χ4n) is 2.58. The second kappa shape index (κ2) is 5.34. The highest BCUT2D eigenvalue weighted by Crippen LogP contribution is 2.27. The van der Waals surface area contributed by atoms with Gasteiger partial charge in [-0.05, 0) is 25.1 Å². The lowest BCUT2D eigenvalue weighted by atomic mass is 9.96. The number of likely N-dealkylation sites (N-methyl/N-ethyl adjacent to an activating group) is 1. The van der Waals surface area contributed by atoms with E-state index in [0.29, 0.717) is 12.0 Å². The molecule has 0 aliphatic carbocycles. The van der Waals surface area contributed by atoms with E-state index >= 15 is 0 Å². The van der Waals surface area contributed by atoms with Crippen LogP contribution in [-0.2, 0) is 16.0 Å². The van der Waals surface area contributed by atoms with E-state index in [1.807, 2.05) is 12.3 Å². The van der Waals surface area contributed by atoms with Gasteiger partial charge in [-0.3, -0.25) is 9.88 Å². The molecule has 0 unspecified atom stereocenters. The van der Waals surface area contributed by atoms with Crippen molar-refractivity contribution < 1.29 is 9.47 Å². The van der Waals surface area contributed by atoms with Gasteiger partial charge in [-0.1, -0.05) is 6.07 Å². The van der Waals surface area contributed by atoms with Crippen LogP contribution in [0.15, 0.2) is 18.3 Å². The van der Waals surface area contributed by atoms with E-state index < -0.39 is 0 Å². The summed E-state index contributed by atoms with van der Waals surface area (Å²) in [6.07, 6.45) is 3.01. The standard InChI is InChI=1S/C14H20N2O2/c1-16(12-9-18-10-12)7-14-13(3-2-5-15-14)11-4-6-17-8-11/h2-3,5,11-12H,4,6-10H2,1H3/t11-/m1/s1. The monoisotopic (exact) mass is 248 g/mol. The number of hydrogen-bond acceptors (Lipinski definition) is 4. The molecular formula is C14H20N2O2. The highest BCUT2D eigenvalue weighted by molar-refractivity contribution is 5.25. The number of pyridine rings is 1. The van der Waals surface area contributed by atoms with Gasteiger partial charge in [-0.15, -0.1) is 0 Å². The molecule has 1 atom stereocenters. The van der Waals surface area contributed by atoms with Crippen LogP contribution >= 0.6 is 0 Å². The quantitative estimate of drug-likeness (QED) is 0.807. The van der Waals surface area contributed by atoms with E-state index in [1.54, 1.807) is 0 Å². The third kappa shape index (κ3) is 2.41. The highest BCUT2D eigenvalue weighted by atomic mass is 16.5. The lowest BCUT2D eigenvalue weighted by Crippen LogP contribution is -2.46. The number of hydrogen-bond donors (Lipinski definition) is 0. The van der Waals surface area contributed by atoms with Crippen molar-refractivity contribution in [3.8, 4) is 0 Å². The van der Waals surface area contributed by atoms with Crippen molar-refractivity contribution in [1.29, 1.82) is 0 Å². The van der Waals surface area contributed by atoms with Gasteiger partial charge >= 0.3 is 0 Å². The Labute approximate surface area is 108 Å². The largest absolute Gasteiger partial charge is 0.381 e. The van der Waals surface area contributed by atoms with Crippen molar-refractivity contribution in [3.63, 3.8) is 0 Å². The first-order chi connectivity index (χ1) is 8.84. The average Bonchev–Trinajstić information content (AvgIpc) is 2.80. The molecule has 18 heavy (non-hydrogen) atoms. The van der Waals surface area contributed by atoms with Crippen molar-refractivity contribution in [2.24, 2.45) is 0 Å². The zero-order valence-corrected chi connectivity index (χ0v) is 10.8. The molecule has 98 valence electrons. The van der Waals surface area contributed by atoms with Gasteiger partial charge in [0, 0.05) is 25.3 Å². The van der Waals surface area contributed by atoms with Gasteiger partial charge in [0.25, 0.3) is 0 Å². The summed E-state index contributed by atoms with van der Waals surface area (Å²) >= 11 is 0. The second-order valence-electron chi connectivity index (χ2n) is 5.21. The maximum atomic E-state index is 5.49. The SMILES string of the molecule is CN(Cc1ncccc1[C@@H]1CCOC1)C1COC1. The molecule has 3 rings (SSSR count). The highest BCUT2D eigenvalue weighted by Gasteiger charge is 2.26. The predicted molar refractivity (Wildman–Crippen MR) is 68.5 cm³/mol. The minimum absolute atomic E-state index is 0.528. The third-order valence-electron chi connectivity index (χ3n) is 3.94. The van der Waals surface area contributed by atoms with Crippen LogP contribution in [0.4, 0.5) is 0 Å². The molecule has 0 amide bonds. The zero-order valence-electron chi connectivity index (χ0n) is 10.8. The molecule has 4 heteroatoms. The van der Waals surface area contributed by atoms with Crippen molar-refractivity contribution in [1.82, 2.24) is 9.88 Å². The summed E-state index contributed by atoms with van der Waals surface area (Å²) in [5.41, 5.74) is 2.56. The summed E-state index contributed by atoms with van der Waals surface area (Å²) < 4.78 is 10.7. The van der Waals surface area contributed by atoms with Gasteiger partial charge in [0.1, 0.15) is 0 Å². The van der Waals surface area contributed by atoms with Gasteiger partial charge in [-0.25, -0.2) is 0 Å². The van der Waals surface area contributed by atoms with E-state index in [-0.39, 0.29) is 0 Å². The summed E-state index contributed by atoms with van der Waals surface area (Å²) in [6, 6.07) is 4.79. The molecular weight excluding hydrogens is 228 g/mol. The Hall–Kier alpha value is -0.970. The van der Waals surface area contributed by atoms with Crippen molar-refractivity contribution in [2.75, 3.05) is 33.5 Å². The van der Waals surface area contributed by atoms with Gasteiger partial charge in [0.15, 0.2) is 0 Å². The Morgan fingerprint density at radius 2 is 2.22 bits per heavy atom. The van der Waals surface area contributed by atoms with E-state index in [1.165, 1.54) is 11.3 Å². The van der Waals surface area contributed by atoms with Crippen LogP contribution in [0.25, 0.3) is 0 Å². The molecule has 0 spiro atoms. The fraction of sp³-hybridized carbons (Fsp3) is 0.643. The number of aromatic nitrogens is 1. The molecule has 2 aliphatic rings. The minimum Gasteiger partial charge on any atom is -0.381 e. The summed E-state index contributed by atoms with van der Waals surface area (Å²) in [5, 5.41) is 0. The topological polar surface area (TPSA) is 34.6 Å². The number of ether oxygens (including phenoxy) is 2. The normalized spacial score (nSPS) is 24.4. The summed E-state index contributed by atoms with van der Waals surface area (Å²) in [7, 11) is 2.15. The van der Waals surface area contributed by atoms with Crippen LogP contribution in [-0.4, -0.2) is 49.4 Å². The van der Waals surface area contributed by atoms with Crippen molar-refractivity contribution in [3.05, 3.63) is 29.6 Å². The maximum absolute atomic E-state index is 5.49. The van der Waals surface area contributed by atoms with Crippen molar-refractivity contribution >= 4 is 0 Å². The molecule has 2 aliphatic heterocycles. The van der Waals surface area contributed by atoms with Gasteiger partial charge in [0.2, 0.25) is 0 Å².